The van der Waals surface area contributed by atoms with Crippen LogP contribution in [0.1, 0.15) is 5.56 Å². The Bertz CT molecular complexity index is 536. The highest BCUT2D eigenvalue weighted by Crippen LogP contribution is 2.25. The molecular weight excluding hydrogens is 255 g/mol. The number of nitrogens with one attached hydrogen (secondary N) is 1. The van der Waals surface area contributed by atoms with Gasteiger partial charge in [0, 0.05) is 6.20 Å². The number of rotatable bonds is 2. The van der Waals surface area contributed by atoms with Gasteiger partial charge in [-0.2, -0.15) is 13.2 Å². The highest BCUT2D eigenvalue weighted by Gasteiger charge is 2.34. The highest BCUT2D eigenvalue weighted by molar-refractivity contribution is 5.93. The molecule has 0 aromatic carbocycles. The van der Waals surface area contributed by atoms with E-state index in [0.717, 1.165) is 12.3 Å². The zero-order valence-electron chi connectivity index (χ0n) is 8.82. The lowest BCUT2D eigenvalue weighted by Crippen LogP contribution is -2.39. The predicted molar refractivity (Wildman–Crippen MR) is 53.4 cm³/mol. The van der Waals surface area contributed by atoms with Crippen LogP contribution in [-0.2, 0) is 17.5 Å². The van der Waals surface area contributed by atoms with Crippen LogP contribution in [0.4, 0.5) is 18.0 Å². The normalized spacial score (nSPS) is 11.1. The van der Waals surface area contributed by atoms with Crippen LogP contribution in [0.5, 0.6) is 0 Å². The summed E-state index contributed by atoms with van der Waals surface area (Å²) < 4.78 is 37.7. The number of primary amides is 1. The Balaban J connectivity index is 3.02. The number of pyridine rings is 1. The van der Waals surface area contributed by atoms with E-state index in [1.54, 1.807) is 5.32 Å². The van der Waals surface area contributed by atoms with E-state index in [0.29, 0.717) is 10.6 Å². The molecule has 0 aliphatic heterocycles. The van der Waals surface area contributed by atoms with Crippen molar-refractivity contribution in [3.63, 3.8) is 0 Å². The Morgan fingerprint density at radius 3 is 2.50 bits per heavy atom. The first-order valence-corrected chi connectivity index (χ1v) is 4.57. The third kappa shape index (κ3) is 3.34. The number of imide groups is 1. The van der Waals surface area contributed by atoms with Gasteiger partial charge < -0.3 is 10.3 Å². The van der Waals surface area contributed by atoms with Crippen LogP contribution in [0.25, 0.3) is 0 Å². The summed E-state index contributed by atoms with van der Waals surface area (Å²) in [6.45, 7) is -0.730. The molecule has 0 bridgehead atoms. The number of halogens is 3. The second-order valence-electron chi connectivity index (χ2n) is 3.27. The lowest BCUT2D eigenvalue weighted by molar-refractivity contribution is -0.139. The van der Waals surface area contributed by atoms with Crippen LogP contribution in [0.2, 0.25) is 0 Å². The molecule has 0 radical (unpaired) electrons. The summed E-state index contributed by atoms with van der Waals surface area (Å²) in [5, 5.41) is 1.64. The molecular formula is C9H8F3N3O3. The average Bonchev–Trinajstić information content (AvgIpc) is 2.18. The first kappa shape index (κ1) is 13.7. The van der Waals surface area contributed by atoms with Gasteiger partial charge in [-0.3, -0.25) is 14.9 Å². The molecule has 0 unspecified atom stereocenters. The van der Waals surface area contributed by atoms with Crippen molar-refractivity contribution in [2.75, 3.05) is 0 Å². The quantitative estimate of drug-likeness (QED) is 0.790. The average molecular weight is 263 g/mol. The first-order chi connectivity index (χ1) is 8.21. The molecule has 1 heterocycles. The maximum Gasteiger partial charge on any atom is 0.421 e. The third-order valence-corrected chi connectivity index (χ3v) is 1.90. The monoisotopic (exact) mass is 263 g/mol. The zero-order chi connectivity index (χ0) is 13.9. The highest BCUT2D eigenvalue weighted by atomic mass is 19.4. The van der Waals surface area contributed by atoms with Gasteiger partial charge in [0.25, 0.3) is 5.56 Å². The number of alkyl halides is 3. The second kappa shape index (κ2) is 4.90. The molecule has 0 saturated heterocycles. The number of nitrogens with zero attached hydrogens (tertiary/aromatic N) is 1. The van der Waals surface area contributed by atoms with E-state index in [-0.39, 0.29) is 0 Å². The zero-order valence-corrected chi connectivity index (χ0v) is 8.82. The van der Waals surface area contributed by atoms with Crippen LogP contribution in [0.3, 0.4) is 0 Å². The Morgan fingerprint density at radius 2 is 2.00 bits per heavy atom. The van der Waals surface area contributed by atoms with E-state index in [9.17, 15) is 27.6 Å². The van der Waals surface area contributed by atoms with Crippen molar-refractivity contribution in [2.45, 2.75) is 12.7 Å². The topological polar surface area (TPSA) is 94.2 Å². The van der Waals surface area contributed by atoms with Crippen LogP contribution >= 0.6 is 0 Å². The molecule has 18 heavy (non-hydrogen) atoms. The number of hydrogen-bond donors (Lipinski definition) is 2. The van der Waals surface area contributed by atoms with Gasteiger partial charge in [0.05, 0.1) is 0 Å². The third-order valence-electron chi connectivity index (χ3n) is 1.90. The van der Waals surface area contributed by atoms with Crippen LogP contribution < -0.4 is 16.6 Å². The summed E-state index contributed by atoms with van der Waals surface area (Å²) in [6.07, 6.45) is -3.81. The van der Waals surface area contributed by atoms with Gasteiger partial charge in [-0.25, -0.2) is 4.79 Å². The molecule has 1 aromatic heterocycles. The Labute approximate surface area is 98.2 Å². The molecule has 3 N–H and O–H groups in total. The van der Waals surface area contributed by atoms with E-state index >= 15 is 0 Å². The number of nitrogens with two attached hydrogens (primary N) is 1. The van der Waals surface area contributed by atoms with E-state index in [1.807, 2.05) is 0 Å². The molecule has 9 heteroatoms. The van der Waals surface area contributed by atoms with Crippen molar-refractivity contribution in [3.05, 3.63) is 34.2 Å². The van der Waals surface area contributed by atoms with Gasteiger partial charge in [0.15, 0.2) is 0 Å². The van der Waals surface area contributed by atoms with Crippen molar-refractivity contribution in [1.29, 1.82) is 0 Å². The molecule has 6 nitrogen and oxygen atoms in total. The Hall–Kier alpha value is -2.32. The van der Waals surface area contributed by atoms with Crippen molar-refractivity contribution < 1.29 is 22.8 Å². The predicted octanol–water partition coefficient (Wildman–Crippen LogP) is 0.0620. The number of carbonyl (C=O) groups is 2. The van der Waals surface area contributed by atoms with Crippen LogP contribution in [0.15, 0.2) is 23.1 Å². The maximum atomic E-state index is 12.4. The van der Waals surface area contributed by atoms with Gasteiger partial charge in [-0.15, -0.1) is 0 Å². The SMILES string of the molecule is NC(=O)NC(=O)Cn1cccc(C(F)(F)F)c1=O. The fourth-order valence-electron chi connectivity index (χ4n) is 1.21. The minimum absolute atomic E-state index is 0.529. The van der Waals surface area contributed by atoms with Gasteiger partial charge in [-0.1, -0.05) is 0 Å². The van der Waals surface area contributed by atoms with E-state index in [2.05, 4.69) is 5.73 Å². The van der Waals surface area contributed by atoms with Gasteiger partial charge in [0.1, 0.15) is 12.1 Å². The summed E-state index contributed by atoms with van der Waals surface area (Å²) in [4.78, 5) is 32.8. The van der Waals surface area contributed by atoms with E-state index < -0.39 is 35.8 Å². The van der Waals surface area contributed by atoms with Gasteiger partial charge in [0.2, 0.25) is 5.91 Å². The lowest BCUT2D eigenvalue weighted by atomic mass is 10.2. The molecule has 1 rings (SSSR count). The fraction of sp³-hybridized carbons (Fsp3) is 0.222. The number of amides is 3. The molecule has 0 saturated carbocycles. The van der Waals surface area contributed by atoms with Crippen molar-refractivity contribution >= 4 is 11.9 Å². The van der Waals surface area contributed by atoms with Crippen LogP contribution in [0, 0.1) is 0 Å². The first-order valence-electron chi connectivity index (χ1n) is 4.57. The minimum Gasteiger partial charge on any atom is -0.351 e. The van der Waals surface area contributed by atoms with Crippen molar-refractivity contribution in [1.82, 2.24) is 9.88 Å². The minimum atomic E-state index is -4.81. The number of urea groups is 1. The largest absolute Gasteiger partial charge is 0.421 e. The molecule has 98 valence electrons. The summed E-state index contributed by atoms with van der Waals surface area (Å²) in [5.74, 6) is -0.982. The molecule has 0 spiro atoms. The second-order valence-corrected chi connectivity index (χ2v) is 3.27. The molecule has 3 amide bonds. The van der Waals surface area contributed by atoms with E-state index in [1.165, 1.54) is 0 Å². The smallest absolute Gasteiger partial charge is 0.351 e. The van der Waals surface area contributed by atoms with Gasteiger partial charge >= 0.3 is 12.2 Å². The summed E-state index contributed by atoms with van der Waals surface area (Å²) >= 11 is 0. The lowest BCUT2D eigenvalue weighted by Gasteiger charge is -2.09. The van der Waals surface area contributed by atoms with E-state index in [4.69, 9.17) is 0 Å². The number of aromatic nitrogens is 1. The Morgan fingerprint density at radius 1 is 1.39 bits per heavy atom. The molecule has 0 fully saturated rings. The summed E-state index contributed by atoms with van der Waals surface area (Å²) in [5.41, 5.74) is 1.88. The molecule has 0 atom stereocenters. The van der Waals surface area contributed by atoms with Crippen molar-refractivity contribution in [2.24, 2.45) is 5.73 Å². The Kier molecular flexibility index (Phi) is 3.74. The molecule has 0 aliphatic carbocycles. The van der Waals surface area contributed by atoms with Crippen LogP contribution in [-0.4, -0.2) is 16.5 Å². The van der Waals surface area contributed by atoms with Gasteiger partial charge in [-0.05, 0) is 12.1 Å². The molecule has 1 aromatic rings. The summed E-state index contributed by atoms with van der Waals surface area (Å²) in [6, 6.07) is 0.423. The summed E-state index contributed by atoms with van der Waals surface area (Å²) in [7, 11) is 0. The number of carbonyl (C=O) groups excluding carboxylic acids is 2. The molecule has 0 aliphatic rings. The standard InChI is InChI=1S/C9H8F3N3O3/c10-9(11,12)5-2-1-3-15(7(5)17)4-6(16)14-8(13)18/h1-3H,4H2,(H3,13,14,16,18). The number of hydrogen-bond acceptors (Lipinski definition) is 3. The fourth-order valence-corrected chi connectivity index (χ4v) is 1.21. The van der Waals surface area contributed by atoms with Crippen molar-refractivity contribution in [3.8, 4) is 0 Å². The maximum absolute atomic E-state index is 12.4.